The van der Waals surface area contributed by atoms with Gasteiger partial charge in [-0.15, -0.1) is 0 Å². The smallest absolute Gasteiger partial charge is 0.475 e. The van der Waals surface area contributed by atoms with Crippen LogP contribution >= 0.6 is 0 Å². The van der Waals surface area contributed by atoms with Crippen LogP contribution in [0.1, 0.15) is 32.1 Å². The number of nitrogens with zero attached hydrogens (tertiary/aromatic N) is 1. The second kappa shape index (κ2) is 7.12. The topological polar surface area (TPSA) is 87.1 Å². The summed E-state index contributed by atoms with van der Waals surface area (Å²) >= 11 is 0. The Hall–Kier alpha value is -1.29. The number of nitriles is 1. The van der Waals surface area contributed by atoms with Crippen LogP contribution in [0, 0.1) is 17.2 Å². The number of nitrogens with two attached hydrogens (primary N) is 1. The van der Waals surface area contributed by atoms with Crippen LogP contribution in [-0.2, 0) is 4.79 Å². The first-order valence-electron chi connectivity index (χ1n) is 5.20. The van der Waals surface area contributed by atoms with Crippen LogP contribution in [0.25, 0.3) is 0 Å². The molecule has 1 rings (SSSR count). The summed E-state index contributed by atoms with van der Waals surface area (Å²) in [5.74, 6) is -2.01. The molecule has 4 nitrogen and oxygen atoms in total. The molecule has 0 saturated heterocycles. The third-order valence-electron chi connectivity index (χ3n) is 2.49. The second-order valence-corrected chi connectivity index (χ2v) is 3.94. The maximum absolute atomic E-state index is 10.6. The third kappa shape index (κ3) is 7.58. The molecule has 2 unspecified atom stereocenters. The molecule has 3 N–H and O–H groups in total. The summed E-state index contributed by atoms with van der Waals surface area (Å²) in [6.07, 6.45) is 0.224. The van der Waals surface area contributed by atoms with Gasteiger partial charge in [0.05, 0.1) is 6.07 Å². The monoisotopic (exact) mass is 252 g/mol. The van der Waals surface area contributed by atoms with Gasteiger partial charge in [0.25, 0.3) is 0 Å². The molecule has 2 atom stereocenters. The van der Waals surface area contributed by atoms with Gasteiger partial charge in [0, 0.05) is 12.5 Å². The first-order valence-corrected chi connectivity index (χ1v) is 5.20. The van der Waals surface area contributed by atoms with Gasteiger partial charge in [-0.1, -0.05) is 0 Å². The predicted molar refractivity (Wildman–Crippen MR) is 53.9 cm³/mol. The molecule has 1 saturated carbocycles. The molecule has 0 aliphatic heterocycles. The van der Waals surface area contributed by atoms with Crippen molar-refractivity contribution in [2.24, 2.45) is 11.7 Å². The summed E-state index contributed by atoms with van der Waals surface area (Å²) in [5, 5.41) is 15.4. The molecule has 7 heteroatoms. The average molecular weight is 252 g/mol. The van der Waals surface area contributed by atoms with Crippen molar-refractivity contribution in [2.45, 2.75) is 44.3 Å². The Morgan fingerprint density at radius 1 is 1.47 bits per heavy atom. The van der Waals surface area contributed by atoms with E-state index < -0.39 is 12.1 Å². The summed E-state index contributed by atoms with van der Waals surface area (Å²) in [7, 11) is 0. The number of carbonyl (C=O) groups is 1. The van der Waals surface area contributed by atoms with Crippen molar-refractivity contribution in [3.05, 3.63) is 0 Å². The number of halogens is 3. The van der Waals surface area contributed by atoms with E-state index in [-0.39, 0.29) is 0 Å². The lowest BCUT2D eigenvalue weighted by Crippen LogP contribution is -2.21. The Labute approximate surface area is 97.2 Å². The zero-order valence-electron chi connectivity index (χ0n) is 9.20. The highest BCUT2D eigenvalue weighted by molar-refractivity contribution is 5.73. The molecule has 0 bridgehead atoms. The van der Waals surface area contributed by atoms with Crippen LogP contribution in [0.15, 0.2) is 0 Å². The number of aliphatic carboxylic acids is 1. The van der Waals surface area contributed by atoms with E-state index in [9.17, 15) is 13.2 Å². The van der Waals surface area contributed by atoms with Crippen LogP contribution < -0.4 is 5.73 Å². The fourth-order valence-electron chi connectivity index (χ4n) is 1.64. The van der Waals surface area contributed by atoms with Gasteiger partial charge in [-0.05, 0) is 31.6 Å². The number of carboxylic acid groups (broad SMARTS) is 1. The minimum absolute atomic E-state index is 0.420. The molecule has 0 aromatic carbocycles. The number of hydrogen-bond donors (Lipinski definition) is 2. The van der Waals surface area contributed by atoms with Gasteiger partial charge in [-0.25, -0.2) is 4.79 Å². The Kier molecular flexibility index (Phi) is 6.58. The summed E-state index contributed by atoms with van der Waals surface area (Å²) < 4.78 is 31.7. The molecular weight excluding hydrogens is 237 g/mol. The van der Waals surface area contributed by atoms with E-state index in [4.69, 9.17) is 20.9 Å². The lowest BCUT2D eigenvalue weighted by atomic mass is 10.0. The van der Waals surface area contributed by atoms with Gasteiger partial charge < -0.3 is 10.8 Å². The minimum atomic E-state index is -5.08. The van der Waals surface area contributed by atoms with Gasteiger partial charge in [-0.3, -0.25) is 0 Å². The highest BCUT2D eigenvalue weighted by Gasteiger charge is 2.38. The Bertz CT molecular complexity index is 286. The first kappa shape index (κ1) is 15.7. The zero-order valence-corrected chi connectivity index (χ0v) is 9.20. The highest BCUT2D eigenvalue weighted by Crippen LogP contribution is 2.27. The molecule has 0 spiro atoms. The molecule has 1 aliphatic rings. The van der Waals surface area contributed by atoms with Crippen LogP contribution in [0.4, 0.5) is 13.2 Å². The van der Waals surface area contributed by atoms with E-state index in [1.165, 1.54) is 6.42 Å². The number of alkyl halides is 3. The van der Waals surface area contributed by atoms with Crippen LogP contribution in [0.2, 0.25) is 0 Å². The normalized spacial score (nSPS) is 23.5. The summed E-state index contributed by atoms with van der Waals surface area (Å²) in [6, 6.07) is 2.59. The molecule has 0 amide bonds. The summed E-state index contributed by atoms with van der Waals surface area (Å²) in [5.41, 5.74) is 5.71. The van der Waals surface area contributed by atoms with E-state index in [0.717, 1.165) is 25.2 Å². The van der Waals surface area contributed by atoms with E-state index in [2.05, 4.69) is 6.07 Å². The lowest BCUT2D eigenvalue weighted by molar-refractivity contribution is -0.192. The molecule has 17 heavy (non-hydrogen) atoms. The van der Waals surface area contributed by atoms with Crippen molar-refractivity contribution in [2.75, 3.05) is 0 Å². The molecule has 0 heterocycles. The van der Waals surface area contributed by atoms with Crippen molar-refractivity contribution in [1.29, 1.82) is 5.26 Å². The van der Waals surface area contributed by atoms with Crippen molar-refractivity contribution in [3.63, 3.8) is 0 Å². The summed E-state index contributed by atoms with van der Waals surface area (Å²) in [6.45, 7) is 0. The molecular formula is C10H15F3N2O2. The van der Waals surface area contributed by atoms with Crippen molar-refractivity contribution in [1.82, 2.24) is 0 Å². The third-order valence-corrected chi connectivity index (χ3v) is 2.49. The maximum atomic E-state index is 10.6. The Balaban J connectivity index is 0.000000325. The minimum Gasteiger partial charge on any atom is -0.475 e. The maximum Gasteiger partial charge on any atom is 0.490 e. The Morgan fingerprint density at radius 3 is 2.29 bits per heavy atom. The van der Waals surface area contributed by atoms with E-state index in [1.807, 2.05) is 0 Å². The quantitative estimate of drug-likeness (QED) is 0.787. The van der Waals surface area contributed by atoms with Crippen molar-refractivity contribution in [3.8, 4) is 6.07 Å². The number of rotatable bonds is 2. The van der Waals surface area contributed by atoms with Crippen molar-refractivity contribution < 1.29 is 23.1 Å². The highest BCUT2D eigenvalue weighted by atomic mass is 19.4. The van der Waals surface area contributed by atoms with E-state index >= 15 is 0 Å². The van der Waals surface area contributed by atoms with Gasteiger partial charge in [0.1, 0.15) is 0 Å². The molecule has 1 fully saturated rings. The van der Waals surface area contributed by atoms with Gasteiger partial charge in [0.15, 0.2) is 0 Å². The molecule has 1 aliphatic carbocycles. The average Bonchev–Trinajstić information content (AvgIpc) is 2.60. The number of hydrogen-bond acceptors (Lipinski definition) is 3. The largest absolute Gasteiger partial charge is 0.490 e. The van der Waals surface area contributed by atoms with Crippen molar-refractivity contribution >= 4 is 5.97 Å². The zero-order chi connectivity index (χ0) is 13.5. The van der Waals surface area contributed by atoms with Gasteiger partial charge in [-0.2, -0.15) is 18.4 Å². The standard InChI is InChI=1S/C8H14N2.C2HF3O2/c9-5-1-2-7-3-4-8(10)6-7;3-2(4,5)1(6)7/h7-8H,1-4,6,10H2;(H,6,7). The second-order valence-electron chi connectivity index (χ2n) is 3.94. The van der Waals surface area contributed by atoms with E-state index in [0.29, 0.717) is 12.5 Å². The fraction of sp³-hybridized carbons (Fsp3) is 0.800. The molecule has 98 valence electrons. The number of carboxylic acids is 1. The molecule has 0 radical (unpaired) electrons. The Morgan fingerprint density at radius 2 is 2.00 bits per heavy atom. The van der Waals surface area contributed by atoms with Crippen LogP contribution in [0.5, 0.6) is 0 Å². The van der Waals surface area contributed by atoms with E-state index in [1.54, 1.807) is 0 Å². The first-order chi connectivity index (χ1) is 7.77. The SMILES string of the molecule is N#CCCC1CCC(N)C1.O=C(O)C(F)(F)F. The molecule has 0 aromatic heterocycles. The van der Waals surface area contributed by atoms with Crippen LogP contribution in [-0.4, -0.2) is 23.3 Å². The van der Waals surface area contributed by atoms with Gasteiger partial charge in [0.2, 0.25) is 0 Å². The van der Waals surface area contributed by atoms with Gasteiger partial charge >= 0.3 is 12.1 Å². The summed E-state index contributed by atoms with van der Waals surface area (Å²) in [4.78, 5) is 8.90. The fourth-order valence-corrected chi connectivity index (χ4v) is 1.64. The predicted octanol–water partition coefficient (Wildman–Crippen LogP) is 2.05. The molecule has 0 aromatic rings. The lowest BCUT2D eigenvalue weighted by Gasteiger charge is -2.04. The van der Waals surface area contributed by atoms with Crippen LogP contribution in [0.3, 0.4) is 0 Å².